The van der Waals surface area contributed by atoms with E-state index in [0.29, 0.717) is 18.3 Å². The van der Waals surface area contributed by atoms with Gasteiger partial charge in [-0.05, 0) is 56.0 Å². The number of nitrogens with zero attached hydrogens (tertiary/aromatic N) is 2. The van der Waals surface area contributed by atoms with Gasteiger partial charge in [-0.15, -0.1) is 0 Å². The Kier molecular flexibility index (Phi) is 8.50. The van der Waals surface area contributed by atoms with Crippen molar-refractivity contribution in [3.8, 4) is 5.75 Å². The molecule has 1 heterocycles. The molecule has 1 aromatic heterocycles. The van der Waals surface area contributed by atoms with Crippen LogP contribution in [0.5, 0.6) is 5.75 Å². The number of benzene rings is 1. The number of hydrogen-bond donors (Lipinski definition) is 3. The molecule has 30 heavy (non-hydrogen) atoms. The first-order valence-electron chi connectivity index (χ1n) is 10.7. The average molecular weight is 410 g/mol. The Balaban J connectivity index is 1.37. The summed E-state index contributed by atoms with van der Waals surface area (Å²) in [6.45, 7) is 4.40. The van der Waals surface area contributed by atoms with Crippen LogP contribution >= 0.6 is 0 Å². The van der Waals surface area contributed by atoms with Crippen molar-refractivity contribution < 1.29 is 9.53 Å². The zero-order valence-corrected chi connectivity index (χ0v) is 17.6. The maximum atomic E-state index is 11.7. The first kappa shape index (κ1) is 21.6. The van der Waals surface area contributed by atoms with Crippen LogP contribution in [0.2, 0.25) is 0 Å². The van der Waals surface area contributed by atoms with Crippen molar-refractivity contribution in [2.75, 3.05) is 26.2 Å². The molecule has 1 amide bonds. The van der Waals surface area contributed by atoms with Crippen LogP contribution in [-0.4, -0.2) is 49.1 Å². The maximum absolute atomic E-state index is 11.7. The second-order valence-corrected chi connectivity index (χ2v) is 7.28. The van der Waals surface area contributed by atoms with Crippen molar-refractivity contribution in [2.45, 2.75) is 38.6 Å². The van der Waals surface area contributed by atoms with Crippen LogP contribution in [0.15, 0.2) is 53.7 Å². The Morgan fingerprint density at radius 3 is 2.67 bits per heavy atom. The molecule has 0 atom stereocenters. The molecule has 0 unspecified atom stereocenters. The molecular formula is C23H31N5O2. The summed E-state index contributed by atoms with van der Waals surface area (Å²) in [7, 11) is 0. The summed E-state index contributed by atoms with van der Waals surface area (Å²) in [5.41, 5.74) is 2.24. The van der Waals surface area contributed by atoms with E-state index in [1.807, 2.05) is 48.7 Å². The van der Waals surface area contributed by atoms with E-state index in [1.165, 1.54) is 5.56 Å². The highest BCUT2D eigenvalue weighted by Gasteiger charge is 2.23. The molecule has 7 nitrogen and oxygen atoms in total. The van der Waals surface area contributed by atoms with Gasteiger partial charge in [0.05, 0.1) is 0 Å². The van der Waals surface area contributed by atoms with Gasteiger partial charge in [-0.25, -0.2) is 0 Å². The number of aliphatic imine (C=N–C) groups is 1. The summed E-state index contributed by atoms with van der Waals surface area (Å²) in [6.07, 6.45) is 5.66. The van der Waals surface area contributed by atoms with E-state index in [2.05, 4.69) is 32.9 Å². The number of ether oxygens (including phenoxy) is 1. The number of amides is 1. The molecule has 1 fully saturated rings. The largest absolute Gasteiger partial charge is 0.484 e. The minimum absolute atomic E-state index is 0.0518. The second kappa shape index (κ2) is 11.8. The normalized spacial score (nSPS) is 13.6. The molecule has 3 rings (SSSR count). The number of hydrogen-bond acceptors (Lipinski definition) is 4. The lowest BCUT2D eigenvalue weighted by Crippen LogP contribution is -2.38. The molecule has 3 N–H and O–H groups in total. The number of pyridine rings is 1. The van der Waals surface area contributed by atoms with E-state index in [-0.39, 0.29) is 12.5 Å². The molecular weight excluding hydrogens is 378 g/mol. The van der Waals surface area contributed by atoms with Crippen molar-refractivity contribution in [3.63, 3.8) is 0 Å². The van der Waals surface area contributed by atoms with Gasteiger partial charge >= 0.3 is 0 Å². The van der Waals surface area contributed by atoms with Crippen LogP contribution in [0.1, 0.15) is 31.0 Å². The summed E-state index contributed by atoms with van der Waals surface area (Å²) in [6, 6.07) is 14.2. The summed E-state index contributed by atoms with van der Waals surface area (Å²) >= 11 is 0. The first-order valence-corrected chi connectivity index (χ1v) is 10.7. The van der Waals surface area contributed by atoms with Crippen LogP contribution in [0.3, 0.4) is 0 Å². The number of guanidine groups is 1. The Morgan fingerprint density at radius 2 is 1.97 bits per heavy atom. The Morgan fingerprint density at radius 1 is 1.13 bits per heavy atom. The molecule has 0 spiro atoms. The standard InChI is InChI=1S/C23H31N5O2/c1-2-24-23(27-16-13-19-5-3-4-14-25-19)26-15-12-18-6-10-21(11-7-18)30-17-22(29)28-20-8-9-20/h3-7,10-11,14,20H,2,8-9,12-13,15-17H2,1H3,(H,28,29)(H2,24,26,27). The summed E-state index contributed by atoms with van der Waals surface area (Å²) in [5, 5.41) is 9.55. The summed E-state index contributed by atoms with van der Waals surface area (Å²) in [5.74, 6) is 1.47. The number of carbonyl (C=O) groups excluding carboxylic acids is 1. The predicted molar refractivity (Wildman–Crippen MR) is 119 cm³/mol. The van der Waals surface area contributed by atoms with Crippen LogP contribution in [0.25, 0.3) is 0 Å². The van der Waals surface area contributed by atoms with Gasteiger partial charge in [0.15, 0.2) is 12.6 Å². The van der Waals surface area contributed by atoms with Crippen LogP contribution in [-0.2, 0) is 17.6 Å². The molecule has 1 aliphatic carbocycles. The molecule has 7 heteroatoms. The van der Waals surface area contributed by atoms with E-state index in [4.69, 9.17) is 4.74 Å². The number of carbonyl (C=O) groups is 1. The van der Waals surface area contributed by atoms with Gasteiger partial charge in [0.2, 0.25) is 0 Å². The van der Waals surface area contributed by atoms with Gasteiger partial charge in [0.25, 0.3) is 5.91 Å². The molecule has 160 valence electrons. The van der Waals surface area contributed by atoms with Gasteiger partial charge in [-0.1, -0.05) is 18.2 Å². The molecule has 1 saturated carbocycles. The average Bonchev–Trinajstić information content (AvgIpc) is 3.58. The highest BCUT2D eigenvalue weighted by Crippen LogP contribution is 2.18. The molecule has 0 aliphatic heterocycles. The van der Waals surface area contributed by atoms with Crippen molar-refractivity contribution >= 4 is 11.9 Å². The fraction of sp³-hybridized carbons (Fsp3) is 0.435. The molecule has 0 bridgehead atoms. The highest BCUT2D eigenvalue weighted by molar-refractivity contribution is 5.79. The second-order valence-electron chi connectivity index (χ2n) is 7.28. The topological polar surface area (TPSA) is 87.6 Å². The fourth-order valence-corrected chi connectivity index (χ4v) is 2.89. The zero-order chi connectivity index (χ0) is 21.0. The summed E-state index contributed by atoms with van der Waals surface area (Å²) in [4.78, 5) is 20.6. The predicted octanol–water partition coefficient (Wildman–Crippen LogP) is 2.08. The van der Waals surface area contributed by atoms with E-state index in [1.54, 1.807) is 0 Å². The van der Waals surface area contributed by atoms with Gasteiger partial charge in [0, 0.05) is 44.0 Å². The Hall–Kier alpha value is -3.09. The monoisotopic (exact) mass is 409 g/mol. The summed E-state index contributed by atoms with van der Waals surface area (Å²) < 4.78 is 5.54. The number of aromatic nitrogens is 1. The lowest BCUT2D eigenvalue weighted by molar-refractivity contribution is -0.123. The van der Waals surface area contributed by atoms with Crippen LogP contribution < -0.4 is 20.7 Å². The van der Waals surface area contributed by atoms with Gasteiger partial charge < -0.3 is 20.7 Å². The number of rotatable bonds is 11. The van der Waals surface area contributed by atoms with Crippen molar-refractivity contribution in [2.24, 2.45) is 4.99 Å². The third-order valence-corrected chi connectivity index (χ3v) is 4.65. The molecule has 1 aliphatic rings. The van der Waals surface area contributed by atoms with Crippen LogP contribution in [0, 0.1) is 0 Å². The smallest absolute Gasteiger partial charge is 0.258 e. The van der Waals surface area contributed by atoms with Crippen LogP contribution in [0.4, 0.5) is 0 Å². The molecule has 2 aromatic rings. The van der Waals surface area contributed by atoms with Gasteiger partial charge in [0.1, 0.15) is 5.75 Å². The van der Waals surface area contributed by atoms with Crippen molar-refractivity contribution in [1.29, 1.82) is 0 Å². The molecule has 0 saturated heterocycles. The maximum Gasteiger partial charge on any atom is 0.258 e. The SMILES string of the molecule is CCNC(=NCCc1ccccn1)NCCc1ccc(OCC(=O)NC2CC2)cc1. The lowest BCUT2D eigenvalue weighted by atomic mass is 10.1. The van der Waals surface area contributed by atoms with Gasteiger partial charge in [-0.2, -0.15) is 0 Å². The minimum Gasteiger partial charge on any atom is -0.484 e. The Labute approximate surface area is 178 Å². The Bertz CT molecular complexity index is 804. The number of nitrogens with one attached hydrogen (secondary N) is 3. The molecule has 0 radical (unpaired) electrons. The minimum atomic E-state index is -0.0518. The van der Waals surface area contributed by atoms with Gasteiger partial charge in [-0.3, -0.25) is 14.8 Å². The lowest BCUT2D eigenvalue weighted by Gasteiger charge is -2.12. The first-order chi connectivity index (χ1) is 14.7. The fourth-order valence-electron chi connectivity index (χ4n) is 2.89. The highest BCUT2D eigenvalue weighted by atomic mass is 16.5. The van der Waals surface area contributed by atoms with E-state index in [0.717, 1.165) is 50.4 Å². The van der Waals surface area contributed by atoms with Crippen molar-refractivity contribution in [1.82, 2.24) is 20.9 Å². The zero-order valence-electron chi connectivity index (χ0n) is 17.6. The third kappa shape index (κ3) is 8.11. The quantitative estimate of drug-likeness (QED) is 0.391. The third-order valence-electron chi connectivity index (χ3n) is 4.65. The van der Waals surface area contributed by atoms with E-state index in [9.17, 15) is 4.79 Å². The van der Waals surface area contributed by atoms with E-state index < -0.39 is 0 Å². The molecule has 1 aromatic carbocycles. The van der Waals surface area contributed by atoms with E-state index >= 15 is 0 Å². The van der Waals surface area contributed by atoms with Crippen molar-refractivity contribution in [3.05, 3.63) is 59.9 Å².